The topological polar surface area (TPSA) is 116 Å². The molecule has 92 valence electrons. The molecular formula is C9H12N4O4. The molecule has 0 aromatic heterocycles. The van der Waals surface area contributed by atoms with Crippen molar-refractivity contribution in [2.24, 2.45) is 5.11 Å². The number of azide groups is 1. The predicted molar refractivity (Wildman–Crippen MR) is 57.2 cm³/mol. The number of hydrogen-bond donors (Lipinski definition) is 1. The molecule has 0 spiro atoms. The molecule has 1 rings (SSSR count). The smallest absolute Gasteiger partial charge is 0.408 e. The lowest BCUT2D eigenvalue weighted by molar-refractivity contribution is -0.147. The highest BCUT2D eigenvalue weighted by atomic mass is 16.5. The van der Waals surface area contributed by atoms with Gasteiger partial charge in [0.1, 0.15) is 12.6 Å². The molecule has 1 heterocycles. The number of hydrogen-bond acceptors (Lipinski definition) is 4. The molecule has 1 aliphatic rings. The number of carboxylic acid groups (broad SMARTS) is 1. The predicted octanol–water partition coefficient (Wildman–Crippen LogP) is 1.15. The first-order chi connectivity index (χ1) is 8.11. The molecule has 1 aliphatic heterocycles. The summed E-state index contributed by atoms with van der Waals surface area (Å²) in [5, 5.41) is 12.3. The van der Waals surface area contributed by atoms with Crippen molar-refractivity contribution >= 4 is 12.1 Å². The van der Waals surface area contributed by atoms with Crippen LogP contribution >= 0.6 is 0 Å². The van der Waals surface area contributed by atoms with Crippen LogP contribution in [0.3, 0.4) is 0 Å². The van der Waals surface area contributed by atoms with E-state index in [1.165, 1.54) is 6.08 Å². The van der Waals surface area contributed by atoms with Crippen LogP contribution in [0, 0.1) is 0 Å². The minimum atomic E-state index is -1.24. The maximum atomic E-state index is 11.6. The number of nitrogens with zero attached hydrogens (tertiary/aromatic N) is 4. The third kappa shape index (κ3) is 2.88. The molecule has 1 amide bonds. The third-order valence-electron chi connectivity index (χ3n) is 2.40. The molecule has 2 atom stereocenters. The molecule has 8 nitrogen and oxygen atoms in total. The van der Waals surface area contributed by atoms with Gasteiger partial charge in [0.2, 0.25) is 0 Å². The van der Waals surface area contributed by atoms with Gasteiger partial charge in [-0.25, -0.2) is 9.59 Å². The number of carbonyl (C=O) groups excluding carboxylic acids is 1. The van der Waals surface area contributed by atoms with Crippen molar-refractivity contribution in [2.75, 3.05) is 13.2 Å². The maximum absolute atomic E-state index is 11.6. The highest BCUT2D eigenvalue weighted by Crippen LogP contribution is 2.22. The van der Waals surface area contributed by atoms with Crippen LogP contribution in [0.2, 0.25) is 0 Å². The first kappa shape index (κ1) is 12.9. The van der Waals surface area contributed by atoms with Crippen molar-refractivity contribution in [1.29, 1.82) is 0 Å². The Hall–Kier alpha value is -2.21. The average Bonchev–Trinajstić information content (AvgIpc) is 2.70. The maximum Gasteiger partial charge on any atom is 0.408 e. The Kier molecular flexibility index (Phi) is 4.36. The Bertz CT molecular complexity index is 367. The molecule has 8 heteroatoms. The Labute approximate surface area is 97.1 Å². The number of likely N-dealkylation sites (tertiary alicyclic amines) is 1. The number of esters is 1. The van der Waals surface area contributed by atoms with Crippen LogP contribution in [-0.4, -0.2) is 47.3 Å². The van der Waals surface area contributed by atoms with Crippen LogP contribution in [0.5, 0.6) is 0 Å². The minimum absolute atomic E-state index is 0.00815. The number of carbonyl (C=O) groups is 2. The van der Waals surface area contributed by atoms with Crippen LogP contribution < -0.4 is 0 Å². The standard InChI is InChI=1S/C9H12N4O4/c1-2-5-17-8(14)7-6(11-12-10)3-4-13(7)9(15)16/h2,6-7H,1,3-5H2,(H,15,16). The molecule has 0 saturated carbocycles. The third-order valence-corrected chi connectivity index (χ3v) is 2.40. The number of ether oxygens (including phenoxy) is 1. The Balaban J connectivity index is 2.84. The molecule has 1 saturated heterocycles. The van der Waals surface area contributed by atoms with E-state index < -0.39 is 24.1 Å². The van der Waals surface area contributed by atoms with Gasteiger partial charge in [-0.3, -0.25) is 4.90 Å². The zero-order chi connectivity index (χ0) is 12.8. The van der Waals surface area contributed by atoms with E-state index in [2.05, 4.69) is 16.6 Å². The van der Waals surface area contributed by atoms with E-state index in [0.29, 0.717) is 6.42 Å². The van der Waals surface area contributed by atoms with E-state index in [0.717, 1.165) is 4.90 Å². The summed E-state index contributed by atoms with van der Waals surface area (Å²) in [6.45, 7) is 3.52. The molecule has 17 heavy (non-hydrogen) atoms. The molecule has 1 N–H and O–H groups in total. The molecule has 0 radical (unpaired) electrons. The summed E-state index contributed by atoms with van der Waals surface area (Å²) in [7, 11) is 0. The van der Waals surface area contributed by atoms with Crippen molar-refractivity contribution in [3.63, 3.8) is 0 Å². The van der Waals surface area contributed by atoms with E-state index in [-0.39, 0.29) is 13.2 Å². The minimum Gasteiger partial charge on any atom is -0.465 e. The largest absolute Gasteiger partial charge is 0.465 e. The van der Waals surface area contributed by atoms with Crippen LogP contribution in [0.25, 0.3) is 10.4 Å². The normalized spacial score (nSPS) is 22.7. The first-order valence-corrected chi connectivity index (χ1v) is 4.93. The van der Waals surface area contributed by atoms with Gasteiger partial charge >= 0.3 is 12.1 Å². The van der Waals surface area contributed by atoms with E-state index in [1.807, 2.05) is 0 Å². The van der Waals surface area contributed by atoms with Gasteiger partial charge in [-0.15, -0.1) is 0 Å². The Morgan fingerprint density at radius 3 is 2.94 bits per heavy atom. The van der Waals surface area contributed by atoms with E-state index in [4.69, 9.17) is 15.4 Å². The van der Waals surface area contributed by atoms with E-state index in [1.54, 1.807) is 0 Å². The van der Waals surface area contributed by atoms with Gasteiger partial charge in [0.25, 0.3) is 0 Å². The number of rotatable bonds is 4. The zero-order valence-electron chi connectivity index (χ0n) is 9.02. The van der Waals surface area contributed by atoms with Crippen LogP contribution in [0.1, 0.15) is 6.42 Å². The highest BCUT2D eigenvalue weighted by molar-refractivity contribution is 5.82. The second-order valence-electron chi connectivity index (χ2n) is 3.40. The molecular weight excluding hydrogens is 228 g/mol. The van der Waals surface area contributed by atoms with Gasteiger partial charge < -0.3 is 9.84 Å². The van der Waals surface area contributed by atoms with Gasteiger partial charge in [0.15, 0.2) is 0 Å². The fourth-order valence-electron chi connectivity index (χ4n) is 1.69. The van der Waals surface area contributed by atoms with Crippen LogP contribution in [0.4, 0.5) is 4.79 Å². The molecule has 0 aromatic rings. The van der Waals surface area contributed by atoms with Crippen molar-refractivity contribution in [2.45, 2.75) is 18.5 Å². The van der Waals surface area contributed by atoms with Gasteiger partial charge in [0, 0.05) is 11.5 Å². The van der Waals surface area contributed by atoms with Gasteiger partial charge in [0.05, 0.1) is 6.04 Å². The zero-order valence-corrected chi connectivity index (χ0v) is 9.02. The lowest BCUT2D eigenvalue weighted by Gasteiger charge is -2.21. The average molecular weight is 240 g/mol. The van der Waals surface area contributed by atoms with Crippen molar-refractivity contribution in [1.82, 2.24) is 4.90 Å². The first-order valence-electron chi connectivity index (χ1n) is 4.93. The molecule has 0 aromatic carbocycles. The summed E-state index contributed by atoms with van der Waals surface area (Å²) >= 11 is 0. The fourth-order valence-corrected chi connectivity index (χ4v) is 1.69. The monoisotopic (exact) mass is 240 g/mol. The fraction of sp³-hybridized carbons (Fsp3) is 0.556. The van der Waals surface area contributed by atoms with Crippen molar-refractivity contribution in [3.8, 4) is 0 Å². The summed E-state index contributed by atoms with van der Waals surface area (Å²) in [4.78, 5) is 26.1. The second kappa shape index (κ2) is 5.76. The van der Waals surface area contributed by atoms with Gasteiger partial charge in [-0.05, 0) is 12.0 Å². The van der Waals surface area contributed by atoms with Crippen LogP contribution in [0.15, 0.2) is 17.8 Å². The highest BCUT2D eigenvalue weighted by Gasteiger charge is 2.42. The lowest BCUT2D eigenvalue weighted by Crippen LogP contribution is -2.44. The Morgan fingerprint density at radius 2 is 2.41 bits per heavy atom. The summed E-state index contributed by atoms with van der Waals surface area (Å²) < 4.78 is 4.79. The Morgan fingerprint density at radius 1 is 1.71 bits per heavy atom. The van der Waals surface area contributed by atoms with Gasteiger partial charge in [-0.1, -0.05) is 17.8 Å². The summed E-state index contributed by atoms with van der Waals surface area (Å²) in [5.74, 6) is -0.720. The summed E-state index contributed by atoms with van der Waals surface area (Å²) in [6.07, 6.45) is 0.450. The van der Waals surface area contributed by atoms with Gasteiger partial charge in [-0.2, -0.15) is 0 Å². The number of amides is 1. The SMILES string of the molecule is C=CCOC(=O)C1C(N=[N+]=[N-])CCN1C(=O)O. The molecule has 2 unspecified atom stereocenters. The molecule has 1 fully saturated rings. The van der Waals surface area contributed by atoms with Crippen molar-refractivity contribution in [3.05, 3.63) is 23.1 Å². The van der Waals surface area contributed by atoms with Crippen LogP contribution in [-0.2, 0) is 9.53 Å². The summed E-state index contributed by atoms with van der Waals surface area (Å²) in [5.41, 5.74) is 8.35. The van der Waals surface area contributed by atoms with E-state index >= 15 is 0 Å². The van der Waals surface area contributed by atoms with E-state index in [9.17, 15) is 9.59 Å². The van der Waals surface area contributed by atoms with Crippen molar-refractivity contribution < 1.29 is 19.4 Å². The summed E-state index contributed by atoms with van der Waals surface area (Å²) in [6, 6.07) is -1.78. The second-order valence-corrected chi connectivity index (χ2v) is 3.40. The molecule has 0 bridgehead atoms. The molecule has 0 aliphatic carbocycles. The quantitative estimate of drug-likeness (QED) is 0.261. The lowest BCUT2D eigenvalue weighted by atomic mass is 10.1.